The van der Waals surface area contributed by atoms with Gasteiger partial charge in [0.05, 0.1) is 0 Å². The molecule has 0 aliphatic heterocycles. The first-order valence-electron chi connectivity index (χ1n) is 3.35. The van der Waals surface area contributed by atoms with Gasteiger partial charge in [-0.25, -0.2) is 4.79 Å². The first kappa shape index (κ1) is 7.34. The lowest BCUT2D eigenvalue weighted by molar-refractivity contribution is 0.192. The molecule has 0 unspecified atom stereocenters. The van der Waals surface area contributed by atoms with E-state index in [1.807, 2.05) is 0 Å². The summed E-state index contributed by atoms with van der Waals surface area (Å²) in [5, 5.41) is 10.6. The molecule has 1 saturated carbocycles. The van der Waals surface area contributed by atoms with E-state index in [1.165, 1.54) is 0 Å². The lowest BCUT2D eigenvalue weighted by Crippen LogP contribution is -2.32. The Morgan fingerprint density at radius 1 is 1.70 bits per heavy atom. The first-order chi connectivity index (χ1) is 4.68. The van der Waals surface area contributed by atoms with E-state index in [1.54, 1.807) is 0 Å². The predicted octanol–water partition coefficient (Wildman–Crippen LogP) is -0.00710. The molecular formula is C6H12N2O2. The molecule has 0 atom stereocenters. The summed E-state index contributed by atoms with van der Waals surface area (Å²) < 4.78 is 0. The van der Waals surface area contributed by atoms with E-state index in [-0.39, 0.29) is 5.41 Å². The predicted molar refractivity (Wildman–Crippen MR) is 36.7 cm³/mol. The van der Waals surface area contributed by atoms with Gasteiger partial charge in [0.15, 0.2) is 0 Å². The largest absolute Gasteiger partial charge is 0.465 e. The van der Waals surface area contributed by atoms with Crippen molar-refractivity contribution in [1.82, 2.24) is 5.32 Å². The molecule has 0 aromatic rings. The van der Waals surface area contributed by atoms with Crippen molar-refractivity contribution in [2.24, 2.45) is 11.1 Å². The van der Waals surface area contributed by atoms with Gasteiger partial charge in [0.1, 0.15) is 0 Å². The summed E-state index contributed by atoms with van der Waals surface area (Å²) >= 11 is 0. The van der Waals surface area contributed by atoms with E-state index in [0.717, 1.165) is 12.8 Å². The van der Waals surface area contributed by atoms with Gasteiger partial charge in [0, 0.05) is 12.0 Å². The Balaban J connectivity index is 2.19. The fourth-order valence-electron chi connectivity index (χ4n) is 0.893. The Labute approximate surface area is 59.4 Å². The van der Waals surface area contributed by atoms with Crippen molar-refractivity contribution in [3.63, 3.8) is 0 Å². The number of nitrogens with two attached hydrogens (primary N) is 1. The molecule has 10 heavy (non-hydrogen) atoms. The topological polar surface area (TPSA) is 75.3 Å². The minimum atomic E-state index is -0.959. The van der Waals surface area contributed by atoms with Gasteiger partial charge in [0.25, 0.3) is 0 Å². The third kappa shape index (κ3) is 1.60. The van der Waals surface area contributed by atoms with Gasteiger partial charge in [-0.2, -0.15) is 0 Å². The van der Waals surface area contributed by atoms with Crippen LogP contribution in [0.4, 0.5) is 4.79 Å². The zero-order valence-corrected chi connectivity index (χ0v) is 5.76. The van der Waals surface area contributed by atoms with Crippen molar-refractivity contribution in [3.8, 4) is 0 Å². The third-order valence-corrected chi connectivity index (χ3v) is 2.00. The number of carboxylic acid groups (broad SMARTS) is 1. The summed E-state index contributed by atoms with van der Waals surface area (Å²) in [6, 6.07) is 0. The Bertz CT molecular complexity index is 143. The molecule has 1 aliphatic rings. The van der Waals surface area contributed by atoms with Crippen molar-refractivity contribution >= 4 is 6.09 Å². The summed E-state index contributed by atoms with van der Waals surface area (Å²) in [4.78, 5) is 10.0. The van der Waals surface area contributed by atoms with Crippen LogP contribution in [0, 0.1) is 5.41 Å². The summed E-state index contributed by atoms with van der Waals surface area (Å²) in [6.45, 7) is 1.10. The molecule has 0 spiro atoms. The van der Waals surface area contributed by atoms with E-state index < -0.39 is 6.09 Å². The SMILES string of the molecule is NCC1(CNC(=O)O)CC1. The maximum atomic E-state index is 10.0. The van der Waals surface area contributed by atoms with E-state index in [0.29, 0.717) is 13.1 Å². The van der Waals surface area contributed by atoms with Crippen LogP contribution in [-0.2, 0) is 0 Å². The molecule has 4 N–H and O–H groups in total. The van der Waals surface area contributed by atoms with Gasteiger partial charge in [-0.3, -0.25) is 0 Å². The molecule has 4 heteroatoms. The molecule has 0 saturated heterocycles. The molecule has 0 heterocycles. The van der Waals surface area contributed by atoms with Crippen molar-refractivity contribution in [1.29, 1.82) is 0 Å². The Morgan fingerprint density at radius 3 is 2.60 bits per heavy atom. The summed E-state index contributed by atoms with van der Waals surface area (Å²) in [7, 11) is 0. The zero-order chi connectivity index (χ0) is 7.61. The normalized spacial score (nSPS) is 20.1. The van der Waals surface area contributed by atoms with Gasteiger partial charge < -0.3 is 16.2 Å². The minimum absolute atomic E-state index is 0.110. The standard InChI is InChI=1S/C6H12N2O2/c7-3-6(1-2-6)4-8-5(9)10/h8H,1-4,7H2,(H,9,10). The molecule has 1 amide bonds. The monoisotopic (exact) mass is 144 g/mol. The molecule has 1 rings (SSSR count). The molecule has 1 aliphatic carbocycles. The van der Waals surface area contributed by atoms with Crippen LogP contribution in [0.1, 0.15) is 12.8 Å². The van der Waals surface area contributed by atoms with E-state index in [9.17, 15) is 4.79 Å². The van der Waals surface area contributed by atoms with Crippen LogP contribution in [0.2, 0.25) is 0 Å². The molecule has 58 valence electrons. The van der Waals surface area contributed by atoms with Gasteiger partial charge in [-0.1, -0.05) is 0 Å². The van der Waals surface area contributed by atoms with Crippen LogP contribution in [0.15, 0.2) is 0 Å². The van der Waals surface area contributed by atoms with Crippen LogP contribution >= 0.6 is 0 Å². The molecule has 0 bridgehead atoms. The zero-order valence-electron chi connectivity index (χ0n) is 5.76. The summed E-state index contributed by atoms with van der Waals surface area (Å²) in [5.74, 6) is 0. The highest BCUT2D eigenvalue weighted by Gasteiger charge is 2.41. The third-order valence-electron chi connectivity index (χ3n) is 2.00. The second kappa shape index (κ2) is 2.46. The Morgan fingerprint density at radius 2 is 2.30 bits per heavy atom. The average Bonchev–Trinajstić information content (AvgIpc) is 2.64. The molecule has 0 radical (unpaired) electrons. The maximum Gasteiger partial charge on any atom is 0.404 e. The van der Waals surface area contributed by atoms with Gasteiger partial charge in [-0.05, 0) is 19.4 Å². The Hall–Kier alpha value is -0.770. The van der Waals surface area contributed by atoms with E-state index in [2.05, 4.69) is 5.32 Å². The van der Waals surface area contributed by atoms with Gasteiger partial charge in [0.2, 0.25) is 0 Å². The van der Waals surface area contributed by atoms with Crippen LogP contribution in [0.25, 0.3) is 0 Å². The average molecular weight is 144 g/mol. The highest BCUT2D eigenvalue weighted by molar-refractivity contribution is 5.64. The van der Waals surface area contributed by atoms with Crippen molar-refractivity contribution in [2.45, 2.75) is 12.8 Å². The molecule has 1 fully saturated rings. The van der Waals surface area contributed by atoms with Crippen molar-refractivity contribution < 1.29 is 9.90 Å². The van der Waals surface area contributed by atoms with Crippen LogP contribution in [0.3, 0.4) is 0 Å². The van der Waals surface area contributed by atoms with Crippen molar-refractivity contribution in [3.05, 3.63) is 0 Å². The Kier molecular flexibility index (Phi) is 1.80. The second-order valence-corrected chi connectivity index (χ2v) is 2.86. The smallest absolute Gasteiger partial charge is 0.404 e. The summed E-state index contributed by atoms with van der Waals surface area (Å²) in [6.07, 6.45) is 1.16. The fourth-order valence-corrected chi connectivity index (χ4v) is 0.893. The van der Waals surface area contributed by atoms with Gasteiger partial charge in [-0.15, -0.1) is 0 Å². The molecular weight excluding hydrogens is 132 g/mol. The van der Waals surface area contributed by atoms with Crippen LogP contribution in [0.5, 0.6) is 0 Å². The van der Waals surface area contributed by atoms with Crippen LogP contribution < -0.4 is 11.1 Å². The number of amides is 1. The van der Waals surface area contributed by atoms with E-state index in [4.69, 9.17) is 10.8 Å². The fraction of sp³-hybridized carbons (Fsp3) is 0.833. The van der Waals surface area contributed by atoms with Crippen molar-refractivity contribution in [2.75, 3.05) is 13.1 Å². The number of carbonyl (C=O) groups is 1. The van der Waals surface area contributed by atoms with Crippen LogP contribution in [-0.4, -0.2) is 24.3 Å². The number of nitrogens with one attached hydrogen (secondary N) is 1. The maximum absolute atomic E-state index is 10.0. The second-order valence-electron chi connectivity index (χ2n) is 2.86. The van der Waals surface area contributed by atoms with Gasteiger partial charge >= 0.3 is 6.09 Å². The number of hydrogen-bond acceptors (Lipinski definition) is 2. The first-order valence-corrected chi connectivity index (χ1v) is 3.35. The quantitative estimate of drug-likeness (QED) is 0.521. The van der Waals surface area contributed by atoms with E-state index >= 15 is 0 Å². The molecule has 0 aromatic carbocycles. The molecule has 4 nitrogen and oxygen atoms in total. The lowest BCUT2D eigenvalue weighted by Gasteiger charge is -2.10. The highest BCUT2D eigenvalue weighted by Crippen LogP contribution is 2.43. The number of hydrogen-bond donors (Lipinski definition) is 3. The summed E-state index contributed by atoms with van der Waals surface area (Å²) in [5.41, 5.74) is 5.53. The highest BCUT2D eigenvalue weighted by atomic mass is 16.4. The molecule has 0 aromatic heterocycles. The lowest BCUT2D eigenvalue weighted by atomic mass is 10.1. The number of rotatable bonds is 3. The minimum Gasteiger partial charge on any atom is -0.465 e.